The first-order valence-electron chi connectivity index (χ1n) is 8.65. The molecule has 1 aliphatic rings. The van der Waals surface area contributed by atoms with Crippen molar-refractivity contribution in [2.45, 2.75) is 37.8 Å². The van der Waals surface area contributed by atoms with Crippen molar-refractivity contribution >= 4 is 39.6 Å². The number of amides is 1. The van der Waals surface area contributed by atoms with Crippen LogP contribution in [0.4, 0.5) is 0 Å². The Balaban J connectivity index is 0.000000596. The molecule has 0 spiro atoms. The summed E-state index contributed by atoms with van der Waals surface area (Å²) >= 11 is 3.51. The zero-order chi connectivity index (χ0) is 19.7. The molecule has 2 aromatic carbocycles. The molecule has 2 N–H and O–H groups in total. The Labute approximate surface area is 169 Å². The van der Waals surface area contributed by atoms with Crippen LogP contribution in [0.15, 0.2) is 70.6 Å². The van der Waals surface area contributed by atoms with Gasteiger partial charge in [-0.15, -0.1) is 11.8 Å². The molecule has 27 heavy (non-hydrogen) atoms. The lowest BCUT2D eigenvalue weighted by Gasteiger charge is -2.16. The number of thioether (sulfide) groups is 2. The van der Waals surface area contributed by atoms with Gasteiger partial charge in [0.05, 0.1) is 0 Å². The molecule has 0 unspecified atom stereocenters. The summed E-state index contributed by atoms with van der Waals surface area (Å²) in [4.78, 5) is 18.8. The summed E-state index contributed by atoms with van der Waals surface area (Å²) in [6, 6.07) is 21.0. The van der Waals surface area contributed by atoms with Gasteiger partial charge in [0, 0.05) is 18.4 Å². The van der Waals surface area contributed by atoms with Crippen molar-refractivity contribution < 1.29 is 4.79 Å². The van der Waals surface area contributed by atoms with Gasteiger partial charge < -0.3 is 5.73 Å². The molecule has 0 bridgehead atoms. The van der Waals surface area contributed by atoms with Crippen LogP contribution in [0.3, 0.4) is 0 Å². The Morgan fingerprint density at radius 3 is 1.85 bits per heavy atom. The summed E-state index contributed by atoms with van der Waals surface area (Å²) in [6.45, 7) is 5.58. The topological polar surface area (TPSA) is 67.8 Å². The molecule has 1 amide bonds. The Hall–Kier alpha value is -2.05. The van der Waals surface area contributed by atoms with Crippen LogP contribution in [0.25, 0.3) is 0 Å². The van der Waals surface area contributed by atoms with Gasteiger partial charge in [-0.2, -0.15) is 0 Å². The molecule has 3 rings (SSSR count). The predicted molar refractivity (Wildman–Crippen MR) is 119 cm³/mol. The summed E-state index contributed by atoms with van der Waals surface area (Å²) in [5.74, 6) is 1.52. The average Bonchev–Trinajstić information content (AvgIpc) is 2.93. The van der Waals surface area contributed by atoms with Gasteiger partial charge in [-0.25, -0.2) is 9.98 Å². The number of nitrogens with two attached hydrogens (primary N) is 1. The molecule has 0 radical (unpaired) electrons. The summed E-state index contributed by atoms with van der Waals surface area (Å²) in [7, 11) is 0. The molecule has 0 atom stereocenters. The van der Waals surface area contributed by atoms with Crippen molar-refractivity contribution in [1.29, 1.82) is 0 Å². The maximum Gasteiger partial charge on any atom is 0.214 e. The van der Waals surface area contributed by atoms with E-state index in [9.17, 15) is 4.79 Å². The van der Waals surface area contributed by atoms with Gasteiger partial charge in [0.15, 0.2) is 5.17 Å². The van der Waals surface area contributed by atoms with E-state index in [1.54, 1.807) is 23.5 Å². The highest BCUT2D eigenvalue weighted by atomic mass is 32.2. The van der Waals surface area contributed by atoms with E-state index in [0.29, 0.717) is 0 Å². The minimum atomic E-state index is -0.333. The highest BCUT2D eigenvalue weighted by Crippen LogP contribution is 2.32. The monoisotopic (exact) mass is 399 g/mol. The van der Waals surface area contributed by atoms with E-state index in [2.05, 4.69) is 68.1 Å². The second kappa shape index (κ2) is 10.3. The number of rotatable bonds is 4. The molecular formula is C21H25N3OS2. The zero-order valence-electron chi connectivity index (χ0n) is 15.9. The van der Waals surface area contributed by atoms with Crippen molar-refractivity contribution in [3.63, 3.8) is 0 Å². The molecule has 1 aliphatic heterocycles. The summed E-state index contributed by atoms with van der Waals surface area (Å²) in [5, 5.41) is 2.01. The van der Waals surface area contributed by atoms with Gasteiger partial charge in [0.1, 0.15) is 10.6 Å². The molecule has 142 valence electrons. The quantitative estimate of drug-likeness (QED) is 0.796. The van der Waals surface area contributed by atoms with Crippen molar-refractivity contribution in [1.82, 2.24) is 0 Å². The van der Waals surface area contributed by atoms with Gasteiger partial charge in [-0.05, 0) is 25.0 Å². The Morgan fingerprint density at radius 2 is 1.37 bits per heavy atom. The highest BCUT2D eigenvalue weighted by molar-refractivity contribution is 8.15. The van der Waals surface area contributed by atoms with E-state index >= 15 is 0 Å². The largest absolute Gasteiger partial charge is 0.370 e. The lowest BCUT2D eigenvalue weighted by molar-refractivity contribution is -0.115. The number of primary amides is 1. The minimum absolute atomic E-state index is 0.210. The predicted octanol–water partition coefficient (Wildman–Crippen LogP) is 4.89. The van der Waals surface area contributed by atoms with Gasteiger partial charge in [0.2, 0.25) is 5.91 Å². The van der Waals surface area contributed by atoms with Crippen LogP contribution in [0.5, 0.6) is 0 Å². The first-order valence-corrected chi connectivity index (χ1v) is 10.6. The lowest BCUT2D eigenvalue weighted by Crippen LogP contribution is -2.23. The fraction of sp³-hybridized carbons (Fsp3) is 0.286. The molecule has 2 aromatic rings. The number of carbonyl (C=O) groups excluding carboxylic acids is 1. The van der Waals surface area contributed by atoms with Crippen LogP contribution in [0.1, 0.15) is 31.9 Å². The van der Waals surface area contributed by atoms with Crippen LogP contribution in [-0.4, -0.2) is 21.7 Å². The van der Waals surface area contributed by atoms with Crippen molar-refractivity contribution in [2.75, 3.05) is 0 Å². The fourth-order valence-corrected chi connectivity index (χ4v) is 4.30. The van der Waals surface area contributed by atoms with Crippen LogP contribution in [0.2, 0.25) is 0 Å². The molecule has 6 heteroatoms. The number of aliphatic imine (C=N–C) groups is 2. The van der Waals surface area contributed by atoms with E-state index in [1.165, 1.54) is 18.1 Å². The normalized spacial score (nSPS) is 14.6. The van der Waals surface area contributed by atoms with E-state index in [4.69, 9.17) is 9.98 Å². The number of amidine groups is 1. The Kier molecular flexibility index (Phi) is 8.13. The standard InChI is InChI=1S/C19H20N2S2.C2H5NO/c1-19(2)17(22-13-15-9-5-3-6-10-15)20-18(21-19)23-14-16-11-7-4-8-12-16;1-2(3)4/h3-12H,13-14H2,1-2H3;1H3,(H2,3,4). The summed E-state index contributed by atoms with van der Waals surface area (Å²) in [5.41, 5.74) is 6.89. The Bertz CT molecular complexity index is 799. The molecule has 4 nitrogen and oxygen atoms in total. The number of nitrogens with zero attached hydrogens (tertiary/aromatic N) is 2. The third-order valence-electron chi connectivity index (χ3n) is 3.52. The smallest absolute Gasteiger partial charge is 0.214 e. The third-order valence-corrected chi connectivity index (χ3v) is 5.79. The molecule has 0 fully saturated rings. The van der Waals surface area contributed by atoms with Crippen LogP contribution >= 0.6 is 23.5 Å². The lowest BCUT2D eigenvalue weighted by atomic mass is 10.1. The van der Waals surface area contributed by atoms with Crippen LogP contribution < -0.4 is 5.73 Å². The van der Waals surface area contributed by atoms with Gasteiger partial charge in [-0.3, -0.25) is 4.79 Å². The van der Waals surface area contributed by atoms with Gasteiger partial charge in [0.25, 0.3) is 0 Å². The van der Waals surface area contributed by atoms with Crippen LogP contribution in [-0.2, 0) is 16.3 Å². The van der Waals surface area contributed by atoms with E-state index in [1.807, 2.05) is 12.1 Å². The summed E-state index contributed by atoms with van der Waals surface area (Å²) < 4.78 is 0. The van der Waals surface area contributed by atoms with E-state index in [0.717, 1.165) is 21.7 Å². The number of carbonyl (C=O) groups is 1. The first-order chi connectivity index (χ1) is 12.9. The molecule has 1 heterocycles. The highest BCUT2D eigenvalue weighted by Gasteiger charge is 2.31. The first kappa shape index (κ1) is 21.3. The van der Waals surface area contributed by atoms with Crippen molar-refractivity contribution in [3.05, 3.63) is 71.8 Å². The molecule has 0 saturated carbocycles. The molecule has 0 aliphatic carbocycles. The Morgan fingerprint density at radius 1 is 0.926 bits per heavy atom. The number of hydrogen-bond acceptors (Lipinski definition) is 5. The van der Waals surface area contributed by atoms with Crippen LogP contribution in [0, 0.1) is 0 Å². The maximum atomic E-state index is 9.22. The van der Waals surface area contributed by atoms with Gasteiger partial charge >= 0.3 is 0 Å². The average molecular weight is 400 g/mol. The van der Waals surface area contributed by atoms with E-state index in [-0.39, 0.29) is 11.4 Å². The van der Waals surface area contributed by atoms with Gasteiger partial charge in [-0.1, -0.05) is 72.4 Å². The fourth-order valence-electron chi connectivity index (χ4n) is 2.26. The summed E-state index contributed by atoms with van der Waals surface area (Å²) in [6.07, 6.45) is 0. The second-order valence-electron chi connectivity index (χ2n) is 6.53. The maximum absolute atomic E-state index is 9.22. The van der Waals surface area contributed by atoms with Crippen molar-refractivity contribution in [2.24, 2.45) is 15.7 Å². The van der Waals surface area contributed by atoms with Crippen molar-refractivity contribution in [3.8, 4) is 0 Å². The molecule has 0 saturated heterocycles. The second-order valence-corrected chi connectivity index (χ2v) is 8.44. The SMILES string of the molecule is CC(N)=O.CC1(C)N=C(SCc2ccccc2)N=C1SCc1ccccc1. The van der Waals surface area contributed by atoms with E-state index < -0.39 is 0 Å². The number of hydrogen-bond donors (Lipinski definition) is 1. The number of benzene rings is 2. The molecular weight excluding hydrogens is 374 g/mol. The molecule has 0 aromatic heterocycles. The zero-order valence-corrected chi connectivity index (χ0v) is 17.5. The minimum Gasteiger partial charge on any atom is -0.370 e. The third kappa shape index (κ3) is 7.61.